The standard InChI is InChI=1S/C13H17N3O3/c14-10-3-1-2-4-11(10)19-8-13(18)16-9-5-6-12(17)15-7-9/h1-4,9H,5-8,14H2,(H,15,17)(H,16,18). The van der Waals surface area contributed by atoms with E-state index in [-0.39, 0.29) is 24.5 Å². The van der Waals surface area contributed by atoms with Crippen molar-refractivity contribution in [2.24, 2.45) is 0 Å². The number of carbonyl (C=O) groups is 2. The summed E-state index contributed by atoms with van der Waals surface area (Å²) < 4.78 is 5.34. The van der Waals surface area contributed by atoms with Crippen LogP contribution >= 0.6 is 0 Å². The van der Waals surface area contributed by atoms with Crippen molar-refractivity contribution in [3.63, 3.8) is 0 Å². The fraction of sp³-hybridized carbons (Fsp3) is 0.385. The average Bonchev–Trinajstić information content (AvgIpc) is 2.40. The maximum Gasteiger partial charge on any atom is 0.258 e. The maximum absolute atomic E-state index is 11.7. The number of carbonyl (C=O) groups excluding carboxylic acids is 2. The topological polar surface area (TPSA) is 93.4 Å². The molecular weight excluding hydrogens is 246 g/mol. The molecule has 0 bridgehead atoms. The van der Waals surface area contributed by atoms with Crippen molar-refractivity contribution in [1.29, 1.82) is 0 Å². The molecule has 1 atom stereocenters. The van der Waals surface area contributed by atoms with Crippen LogP contribution in [0, 0.1) is 0 Å². The molecule has 0 radical (unpaired) electrons. The molecule has 0 aromatic heterocycles. The Morgan fingerprint density at radius 1 is 1.47 bits per heavy atom. The van der Waals surface area contributed by atoms with Crippen molar-refractivity contribution in [2.45, 2.75) is 18.9 Å². The lowest BCUT2D eigenvalue weighted by molar-refractivity contribution is -0.126. The monoisotopic (exact) mass is 263 g/mol. The van der Waals surface area contributed by atoms with Crippen LogP contribution in [0.2, 0.25) is 0 Å². The Morgan fingerprint density at radius 2 is 2.26 bits per heavy atom. The van der Waals surface area contributed by atoms with Gasteiger partial charge in [0.2, 0.25) is 5.91 Å². The third-order valence-electron chi connectivity index (χ3n) is 2.91. The molecule has 1 saturated heterocycles. The second kappa shape index (κ2) is 6.08. The Morgan fingerprint density at radius 3 is 2.95 bits per heavy atom. The van der Waals surface area contributed by atoms with Gasteiger partial charge in [-0.3, -0.25) is 9.59 Å². The second-order valence-electron chi connectivity index (χ2n) is 4.43. The Balaban J connectivity index is 1.76. The van der Waals surface area contributed by atoms with Gasteiger partial charge >= 0.3 is 0 Å². The van der Waals surface area contributed by atoms with Gasteiger partial charge in [-0.1, -0.05) is 12.1 Å². The van der Waals surface area contributed by atoms with Gasteiger partial charge in [0, 0.05) is 19.0 Å². The van der Waals surface area contributed by atoms with Gasteiger partial charge in [0.1, 0.15) is 5.75 Å². The summed E-state index contributed by atoms with van der Waals surface area (Å²) in [6.07, 6.45) is 1.10. The summed E-state index contributed by atoms with van der Waals surface area (Å²) in [6.45, 7) is 0.386. The predicted molar refractivity (Wildman–Crippen MR) is 70.5 cm³/mol. The van der Waals surface area contributed by atoms with Crippen LogP contribution in [-0.2, 0) is 9.59 Å². The summed E-state index contributed by atoms with van der Waals surface area (Å²) in [4.78, 5) is 22.7. The fourth-order valence-electron chi connectivity index (χ4n) is 1.88. The third-order valence-corrected chi connectivity index (χ3v) is 2.91. The molecule has 0 saturated carbocycles. The van der Waals surface area contributed by atoms with E-state index in [9.17, 15) is 9.59 Å². The lowest BCUT2D eigenvalue weighted by Crippen LogP contribution is -2.48. The normalized spacial score (nSPS) is 18.5. The van der Waals surface area contributed by atoms with Gasteiger partial charge in [-0.15, -0.1) is 0 Å². The number of anilines is 1. The number of hydrogen-bond donors (Lipinski definition) is 3. The Hall–Kier alpha value is -2.24. The number of piperidine rings is 1. The molecular formula is C13H17N3O3. The molecule has 1 aliphatic rings. The fourth-order valence-corrected chi connectivity index (χ4v) is 1.88. The number of rotatable bonds is 4. The minimum Gasteiger partial charge on any atom is -0.482 e. The zero-order valence-electron chi connectivity index (χ0n) is 10.5. The first-order valence-electron chi connectivity index (χ1n) is 6.18. The van der Waals surface area contributed by atoms with Crippen LogP contribution in [0.25, 0.3) is 0 Å². The first-order valence-corrected chi connectivity index (χ1v) is 6.18. The minimum absolute atomic E-state index is 0.0260. The van der Waals surface area contributed by atoms with E-state index in [1.165, 1.54) is 0 Å². The highest BCUT2D eigenvalue weighted by atomic mass is 16.5. The quantitative estimate of drug-likeness (QED) is 0.669. The molecule has 1 unspecified atom stereocenters. The van der Waals surface area contributed by atoms with Crippen LogP contribution in [-0.4, -0.2) is 31.0 Å². The summed E-state index contributed by atoms with van der Waals surface area (Å²) >= 11 is 0. The minimum atomic E-state index is -0.218. The molecule has 1 fully saturated rings. The molecule has 1 aromatic rings. The van der Waals surface area contributed by atoms with Crippen LogP contribution in [0.15, 0.2) is 24.3 Å². The summed E-state index contributed by atoms with van der Waals surface area (Å²) in [5.41, 5.74) is 6.20. The molecule has 4 N–H and O–H groups in total. The van der Waals surface area contributed by atoms with Gasteiger partial charge in [-0.05, 0) is 18.6 Å². The molecule has 1 aliphatic heterocycles. The number of amides is 2. The molecule has 1 heterocycles. The molecule has 2 amide bonds. The Kier molecular flexibility index (Phi) is 4.22. The highest BCUT2D eigenvalue weighted by Gasteiger charge is 2.19. The summed E-state index contributed by atoms with van der Waals surface area (Å²) in [6, 6.07) is 6.99. The number of ether oxygens (including phenoxy) is 1. The molecule has 2 rings (SSSR count). The molecule has 6 nitrogen and oxygen atoms in total. The number of hydrogen-bond acceptors (Lipinski definition) is 4. The lowest BCUT2D eigenvalue weighted by atomic mass is 10.1. The number of nitrogens with one attached hydrogen (secondary N) is 2. The van der Waals surface area contributed by atoms with Crippen LogP contribution in [0.1, 0.15) is 12.8 Å². The van der Waals surface area contributed by atoms with E-state index < -0.39 is 0 Å². The summed E-state index contributed by atoms with van der Waals surface area (Å²) in [7, 11) is 0. The van der Waals surface area contributed by atoms with E-state index in [0.717, 1.165) is 0 Å². The van der Waals surface area contributed by atoms with E-state index in [0.29, 0.717) is 30.8 Å². The van der Waals surface area contributed by atoms with Crippen molar-refractivity contribution >= 4 is 17.5 Å². The van der Waals surface area contributed by atoms with Crippen molar-refractivity contribution in [1.82, 2.24) is 10.6 Å². The molecule has 0 aliphatic carbocycles. The predicted octanol–water partition coefficient (Wildman–Crippen LogP) is 0.0424. The van der Waals surface area contributed by atoms with Gasteiger partial charge < -0.3 is 21.1 Å². The van der Waals surface area contributed by atoms with E-state index in [1.54, 1.807) is 24.3 Å². The summed E-state index contributed by atoms with van der Waals surface area (Å²) in [5.74, 6) is 0.304. The van der Waals surface area contributed by atoms with E-state index >= 15 is 0 Å². The first-order chi connectivity index (χ1) is 9.15. The zero-order valence-corrected chi connectivity index (χ0v) is 10.5. The van der Waals surface area contributed by atoms with Gasteiger partial charge in [-0.2, -0.15) is 0 Å². The highest BCUT2D eigenvalue weighted by Crippen LogP contribution is 2.19. The molecule has 19 heavy (non-hydrogen) atoms. The van der Waals surface area contributed by atoms with E-state index in [4.69, 9.17) is 10.5 Å². The number of nitrogens with two attached hydrogens (primary N) is 1. The maximum atomic E-state index is 11.7. The second-order valence-corrected chi connectivity index (χ2v) is 4.43. The SMILES string of the molecule is Nc1ccccc1OCC(=O)NC1CCC(=O)NC1. The largest absolute Gasteiger partial charge is 0.482 e. The third kappa shape index (κ3) is 3.87. The summed E-state index contributed by atoms with van der Waals surface area (Å²) in [5, 5.41) is 5.52. The van der Waals surface area contributed by atoms with Crippen LogP contribution in [0.4, 0.5) is 5.69 Å². The van der Waals surface area contributed by atoms with Gasteiger partial charge in [-0.25, -0.2) is 0 Å². The Bertz CT molecular complexity index is 466. The van der Waals surface area contributed by atoms with Gasteiger partial charge in [0.25, 0.3) is 5.91 Å². The van der Waals surface area contributed by atoms with Crippen LogP contribution in [0.3, 0.4) is 0 Å². The van der Waals surface area contributed by atoms with Crippen LogP contribution in [0.5, 0.6) is 5.75 Å². The molecule has 0 spiro atoms. The number of para-hydroxylation sites is 2. The smallest absolute Gasteiger partial charge is 0.258 e. The van der Waals surface area contributed by atoms with Crippen molar-refractivity contribution in [3.8, 4) is 5.75 Å². The Labute approximate surface area is 111 Å². The molecule has 6 heteroatoms. The lowest BCUT2D eigenvalue weighted by Gasteiger charge is -2.23. The van der Waals surface area contributed by atoms with Gasteiger partial charge in [0.15, 0.2) is 6.61 Å². The first kappa shape index (κ1) is 13.2. The van der Waals surface area contributed by atoms with Crippen molar-refractivity contribution in [3.05, 3.63) is 24.3 Å². The van der Waals surface area contributed by atoms with Crippen LogP contribution < -0.4 is 21.1 Å². The number of nitrogen functional groups attached to an aromatic ring is 1. The molecule has 1 aromatic carbocycles. The molecule has 102 valence electrons. The zero-order chi connectivity index (χ0) is 13.7. The average molecular weight is 263 g/mol. The van der Waals surface area contributed by atoms with Crippen molar-refractivity contribution in [2.75, 3.05) is 18.9 Å². The number of benzene rings is 1. The van der Waals surface area contributed by atoms with Crippen molar-refractivity contribution < 1.29 is 14.3 Å². The van der Waals surface area contributed by atoms with E-state index in [2.05, 4.69) is 10.6 Å². The highest BCUT2D eigenvalue weighted by molar-refractivity contribution is 5.79. The van der Waals surface area contributed by atoms with E-state index in [1.807, 2.05) is 0 Å². The van der Waals surface area contributed by atoms with Gasteiger partial charge in [0.05, 0.1) is 5.69 Å².